The van der Waals surface area contributed by atoms with Crippen LogP contribution in [0.25, 0.3) is 0 Å². The Hall–Kier alpha value is -1.14. The van der Waals surface area contributed by atoms with Gasteiger partial charge in [0.15, 0.2) is 0 Å². The van der Waals surface area contributed by atoms with Crippen molar-refractivity contribution in [3.8, 4) is 0 Å². The van der Waals surface area contributed by atoms with E-state index in [9.17, 15) is 9.59 Å². The molecular formula is C14H23NO5. The van der Waals surface area contributed by atoms with Crippen LogP contribution < -0.4 is 0 Å². The van der Waals surface area contributed by atoms with Gasteiger partial charge in [0.25, 0.3) is 5.91 Å². The molecule has 2 aliphatic rings. The number of carbonyl (C=O) groups is 2. The molecule has 0 aromatic heterocycles. The summed E-state index contributed by atoms with van der Waals surface area (Å²) in [4.78, 5) is 24.6. The Balaban J connectivity index is 1.71. The molecule has 0 bridgehead atoms. The summed E-state index contributed by atoms with van der Waals surface area (Å²) in [5.41, 5.74) is 0. The summed E-state index contributed by atoms with van der Waals surface area (Å²) in [5.74, 6) is -0.448. The first kappa shape index (κ1) is 15.3. The van der Waals surface area contributed by atoms with Crippen LogP contribution in [0.1, 0.15) is 32.6 Å². The van der Waals surface area contributed by atoms with Gasteiger partial charge in [0.1, 0.15) is 6.10 Å². The molecule has 2 aliphatic heterocycles. The summed E-state index contributed by atoms with van der Waals surface area (Å²) in [6, 6.07) is 0. The van der Waals surface area contributed by atoms with Crippen molar-refractivity contribution >= 4 is 11.9 Å². The molecule has 0 aliphatic carbocycles. The molecule has 0 spiro atoms. The second kappa shape index (κ2) is 7.04. The van der Waals surface area contributed by atoms with E-state index in [2.05, 4.69) is 6.92 Å². The van der Waals surface area contributed by atoms with E-state index in [0.717, 1.165) is 19.3 Å². The van der Waals surface area contributed by atoms with Crippen molar-refractivity contribution in [2.75, 3.05) is 26.3 Å². The molecule has 0 aromatic carbocycles. The number of piperidine rings is 1. The number of rotatable bonds is 5. The van der Waals surface area contributed by atoms with Gasteiger partial charge in [-0.15, -0.1) is 0 Å². The fraction of sp³-hybridized carbons (Fsp3) is 0.857. The van der Waals surface area contributed by atoms with Gasteiger partial charge in [-0.1, -0.05) is 6.92 Å². The van der Waals surface area contributed by atoms with Gasteiger partial charge in [-0.25, -0.2) is 0 Å². The van der Waals surface area contributed by atoms with Crippen LogP contribution in [0.4, 0.5) is 0 Å². The normalized spacial score (nSPS) is 27.8. The van der Waals surface area contributed by atoms with Crippen molar-refractivity contribution in [3.63, 3.8) is 0 Å². The predicted octanol–water partition coefficient (Wildman–Crippen LogP) is 0.894. The summed E-state index contributed by atoms with van der Waals surface area (Å²) < 4.78 is 11.0. The lowest BCUT2D eigenvalue weighted by atomic mass is 10.0. The van der Waals surface area contributed by atoms with Crippen LogP contribution in [0.15, 0.2) is 0 Å². The fourth-order valence-corrected chi connectivity index (χ4v) is 2.75. The van der Waals surface area contributed by atoms with Gasteiger partial charge in [0.2, 0.25) is 0 Å². The zero-order valence-electron chi connectivity index (χ0n) is 11.9. The van der Waals surface area contributed by atoms with Gasteiger partial charge in [-0.2, -0.15) is 0 Å². The van der Waals surface area contributed by atoms with Gasteiger partial charge in [-0.05, 0) is 25.2 Å². The molecule has 114 valence electrons. The number of hydrogen-bond donors (Lipinski definition) is 1. The molecule has 0 saturated carbocycles. The van der Waals surface area contributed by atoms with Crippen molar-refractivity contribution in [1.82, 2.24) is 4.90 Å². The molecule has 2 saturated heterocycles. The highest BCUT2D eigenvalue weighted by atomic mass is 16.5. The van der Waals surface area contributed by atoms with Crippen molar-refractivity contribution in [3.05, 3.63) is 0 Å². The molecule has 2 rings (SSSR count). The summed E-state index contributed by atoms with van der Waals surface area (Å²) in [5, 5.41) is 8.56. The Morgan fingerprint density at radius 3 is 2.55 bits per heavy atom. The molecule has 1 N–H and O–H groups in total. The molecular weight excluding hydrogens is 262 g/mol. The number of carboxylic acids is 1. The van der Waals surface area contributed by atoms with Crippen molar-refractivity contribution in [2.24, 2.45) is 5.92 Å². The SMILES string of the molecule is CC1CCOC1C(=O)N1CCC(OCCC(=O)O)CC1. The molecule has 6 heteroatoms. The lowest BCUT2D eigenvalue weighted by Gasteiger charge is -2.33. The summed E-state index contributed by atoms with van der Waals surface area (Å²) in [6.45, 7) is 4.31. The van der Waals surface area contributed by atoms with E-state index in [1.165, 1.54) is 0 Å². The van der Waals surface area contributed by atoms with Crippen LogP contribution in [0.3, 0.4) is 0 Å². The number of nitrogens with zero attached hydrogens (tertiary/aromatic N) is 1. The molecule has 1 amide bonds. The third-order valence-corrected chi connectivity index (χ3v) is 4.05. The van der Waals surface area contributed by atoms with E-state index < -0.39 is 5.97 Å². The third kappa shape index (κ3) is 3.93. The standard InChI is InChI=1S/C14H23NO5/c1-10-4-8-20-13(10)14(18)15-6-2-11(3-7-15)19-9-5-12(16)17/h10-11,13H,2-9H2,1H3,(H,16,17). The summed E-state index contributed by atoms with van der Waals surface area (Å²) in [7, 11) is 0. The maximum atomic E-state index is 12.3. The first-order chi connectivity index (χ1) is 9.58. The van der Waals surface area contributed by atoms with Gasteiger partial charge in [0.05, 0.1) is 19.1 Å². The maximum absolute atomic E-state index is 12.3. The van der Waals surface area contributed by atoms with Crippen molar-refractivity contribution in [2.45, 2.75) is 44.8 Å². The first-order valence-electron chi connectivity index (χ1n) is 7.31. The van der Waals surface area contributed by atoms with E-state index in [-0.39, 0.29) is 31.1 Å². The van der Waals surface area contributed by atoms with E-state index in [0.29, 0.717) is 25.6 Å². The Bertz CT molecular complexity index is 351. The van der Waals surface area contributed by atoms with Crippen molar-refractivity contribution in [1.29, 1.82) is 0 Å². The second-order valence-corrected chi connectivity index (χ2v) is 5.60. The molecule has 2 heterocycles. The Labute approximate surface area is 119 Å². The Morgan fingerprint density at radius 1 is 1.30 bits per heavy atom. The lowest BCUT2D eigenvalue weighted by molar-refractivity contribution is -0.145. The summed E-state index contributed by atoms with van der Waals surface area (Å²) in [6.07, 6.45) is 2.32. The molecule has 6 nitrogen and oxygen atoms in total. The van der Waals surface area contributed by atoms with Gasteiger partial charge < -0.3 is 19.5 Å². The molecule has 2 unspecified atom stereocenters. The van der Waals surface area contributed by atoms with E-state index in [1.54, 1.807) is 0 Å². The quantitative estimate of drug-likeness (QED) is 0.812. The molecule has 0 radical (unpaired) electrons. The van der Waals surface area contributed by atoms with E-state index >= 15 is 0 Å². The number of ether oxygens (including phenoxy) is 2. The fourth-order valence-electron chi connectivity index (χ4n) is 2.75. The molecule has 2 atom stereocenters. The van der Waals surface area contributed by atoms with Crippen LogP contribution >= 0.6 is 0 Å². The zero-order valence-corrected chi connectivity index (χ0v) is 11.9. The first-order valence-corrected chi connectivity index (χ1v) is 7.31. The minimum atomic E-state index is -0.843. The average Bonchev–Trinajstić information content (AvgIpc) is 2.84. The average molecular weight is 285 g/mol. The van der Waals surface area contributed by atoms with Gasteiger partial charge >= 0.3 is 5.97 Å². The number of hydrogen-bond acceptors (Lipinski definition) is 4. The van der Waals surface area contributed by atoms with Crippen LogP contribution in [0.2, 0.25) is 0 Å². The minimum absolute atomic E-state index is 0.0343. The van der Waals surface area contributed by atoms with Gasteiger partial charge in [0, 0.05) is 19.7 Å². The highest BCUT2D eigenvalue weighted by molar-refractivity contribution is 5.81. The van der Waals surface area contributed by atoms with Crippen LogP contribution in [-0.2, 0) is 19.1 Å². The number of likely N-dealkylation sites (tertiary alicyclic amines) is 1. The zero-order chi connectivity index (χ0) is 14.5. The number of carbonyl (C=O) groups excluding carboxylic acids is 1. The predicted molar refractivity (Wildman–Crippen MR) is 71.3 cm³/mol. The van der Waals surface area contributed by atoms with Crippen LogP contribution in [0, 0.1) is 5.92 Å². The Kier molecular flexibility index (Phi) is 5.37. The number of aliphatic carboxylic acids is 1. The number of amides is 1. The van der Waals surface area contributed by atoms with Crippen LogP contribution in [-0.4, -0.2) is 60.4 Å². The molecule has 0 aromatic rings. The lowest BCUT2D eigenvalue weighted by Crippen LogP contribution is -2.46. The molecule has 20 heavy (non-hydrogen) atoms. The third-order valence-electron chi connectivity index (χ3n) is 4.05. The highest BCUT2D eigenvalue weighted by Gasteiger charge is 2.35. The molecule has 2 fully saturated rings. The highest BCUT2D eigenvalue weighted by Crippen LogP contribution is 2.24. The largest absolute Gasteiger partial charge is 0.481 e. The second-order valence-electron chi connectivity index (χ2n) is 5.60. The minimum Gasteiger partial charge on any atom is -0.481 e. The van der Waals surface area contributed by atoms with Gasteiger partial charge in [-0.3, -0.25) is 9.59 Å². The van der Waals surface area contributed by atoms with E-state index in [1.807, 2.05) is 4.90 Å². The Morgan fingerprint density at radius 2 is 2.00 bits per heavy atom. The summed E-state index contributed by atoms with van der Waals surface area (Å²) >= 11 is 0. The topological polar surface area (TPSA) is 76.1 Å². The van der Waals surface area contributed by atoms with Crippen LogP contribution in [0.5, 0.6) is 0 Å². The maximum Gasteiger partial charge on any atom is 0.305 e. The van der Waals surface area contributed by atoms with Crippen molar-refractivity contribution < 1.29 is 24.2 Å². The number of carboxylic acid groups (broad SMARTS) is 1. The van der Waals surface area contributed by atoms with E-state index in [4.69, 9.17) is 14.6 Å². The smallest absolute Gasteiger partial charge is 0.305 e. The monoisotopic (exact) mass is 285 g/mol.